The van der Waals surface area contributed by atoms with Crippen molar-refractivity contribution in [2.24, 2.45) is 0 Å². The molecular formula is C23H24O2. The summed E-state index contributed by atoms with van der Waals surface area (Å²) >= 11 is 0. The Morgan fingerprint density at radius 3 is 2.48 bits per heavy atom. The highest BCUT2D eigenvalue weighted by atomic mass is 16.5. The minimum atomic E-state index is -0.0904. The number of carbonyl (C=O) groups excluding carboxylic acids is 1. The molecule has 0 aromatic rings. The van der Waals surface area contributed by atoms with E-state index in [0.717, 1.165) is 5.57 Å². The monoisotopic (exact) mass is 332 g/mol. The molecule has 0 bridgehead atoms. The fourth-order valence-corrected chi connectivity index (χ4v) is 3.31. The normalized spacial score (nSPS) is 16.0. The lowest BCUT2D eigenvalue weighted by atomic mass is 9.99. The summed E-state index contributed by atoms with van der Waals surface area (Å²) in [5.74, 6) is 0.781. The predicted octanol–water partition coefficient (Wildman–Crippen LogP) is 5.58. The summed E-state index contributed by atoms with van der Waals surface area (Å²) in [5.41, 5.74) is 8.59. The number of hydrogen-bond donors (Lipinski definition) is 0. The van der Waals surface area contributed by atoms with Crippen LogP contribution < -0.4 is 0 Å². The molecule has 3 aliphatic carbocycles. The van der Waals surface area contributed by atoms with E-state index >= 15 is 0 Å². The molecule has 0 heterocycles. The Morgan fingerprint density at radius 2 is 1.80 bits per heavy atom. The van der Waals surface area contributed by atoms with Crippen LogP contribution in [0, 0.1) is 13.8 Å². The fourth-order valence-electron chi connectivity index (χ4n) is 3.31. The average Bonchev–Trinajstić information content (AvgIpc) is 2.75. The first kappa shape index (κ1) is 17.2. The first-order chi connectivity index (χ1) is 11.9. The molecule has 0 saturated carbocycles. The molecule has 0 aliphatic heterocycles. The Bertz CT molecular complexity index is 895. The summed E-state index contributed by atoms with van der Waals surface area (Å²) in [7, 11) is 1.53. The summed E-state index contributed by atoms with van der Waals surface area (Å²) in [4.78, 5) is 11.7. The number of methoxy groups -OCH3 is 1. The second kappa shape index (κ2) is 6.72. The van der Waals surface area contributed by atoms with Crippen LogP contribution >= 0.6 is 0 Å². The van der Waals surface area contributed by atoms with E-state index in [9.17, 15) is 4.79 Å². The number of hydrogen-bond acceptors (Lipinski definition) is 2. The first-order valence-corrected chi connectivity index (χ1v) is 8.64. The second-order valence-electron chi connectivity index (χ2n) is 6.94. The zero-order valence-corrected chi connectivity index (χ0v) is 15.5. The smallest absolute Gasteiger partial charge is 0.220 e. The largest absolute Gasteiger partial charge is 0.493 e. The van der Waals surface area contributed by atoms with E-state index in [-0.39, 0.29) is 5.78 Å². The lowest BCUT2D eigenvalue weighted by Crippen LogP contribution is -2.04. The van der Waals surface area contributed by atoms with Gasteiger partial charge in [-0.25, -0.2) is 0 Å². The number of rotatable bonds is 3. The summed E-state index contributed by atoms with van der Waals surface area (Å²) < 4.78 is 5.16. The molecule has 0 spiro atoms. The van der Waals surface area contributed by atoms with Gasteiger partial charge in [-0.05, 0) is 76.9 Å². The summed E-state index contributed by atoms with van der Waals surface area (Å²) in [5, 5.41) is 0. The van der Waals surface area contributed by atoms with Gasteiger partial charge in [0.25, 0.3) is 0 Å². The van der Waals surface area contributed by atoms with E-state index in [2.05, 4.69) is 58.0 Å². The molecule has 0 saturated heterocycles. The molecule has 0 aromatic heterocycles. The van der Waals surface area contributed by atoms with Gasteiger partial charge >= 0.3 is 0 Å². The Labute approximate surface area is 149 Å². The highest BCUT2D eigenvalue weighted by Crippen LogP contribution is 2.37. The van der Waals surface area contributed by atoms with Gasteiger partial charge in [-0.1, -0.05) is 44.2 Å². The molecule has 0 fully saturated rings. The Kier molecular flexibility index (Phi) is 4.63. The van der Waals surface area contributed by atoms with E-state index in [1.807, 2.05) is 6.08 Å². The highest BCUT2D eigenvalue weighted by Gasteiger charge is 2.17. The van der Waals surface area contributed by atoms with E-state index in [1.54, 1.807) is 12.2 Å². The molecule has 3 rings (SSSR count). The van der Waals surface area contributed by atoms with Crippen LogP contribution in [0.15, 0.2) is 53.8 Å². The number of ether oxygens (including phenoxy) is 1. The van der Waals surface area contributed by atoms with Crippen LogP contribution in [0.5, 0.6) is 0 Å². The predicted molar refractivity (Wildman–Crippen MR) is 104 cm³/mol. The average molecular weight is 332 g/mol. The van der Waals surface area contributed by atoms with Crippen molar-refractivity contribution in [3.05, 3.63) is 76.1 Å². The van der Waals surface area contributed by atoms with Gasteiger partial charge in [0, 0.05) is 0 Å². The summed E-state index contributed by atoms with van der Waals surface area (Å²) in [6.45, 7) is 8.76. The third kappa shape index (κ3) is 3.30. The van der Waals surface area contributed by atoms with E-state index in [1.165, 1.54) is 40.5 Å². The lowest BCUT2D eigenvalue weighted by Gasteiger charge is -2.08. The molecule has 128 valence electrons. The topological polar surface area (TPSA) is 26.3 Å². The van der Waals surface area contributed by atoms with Crippen LogP contribution in [0.1, 0.15) is 42.0 Å². The van der Waals surface area contributed by atoms with Crippen molar-refractivity contribution in [2.45, 2.75) is 33.6 Å². The molecule has 25 heavy (non-hydrogen) atoms. The SMILES string of the molecule is COC1=CC(=Cc2cc(C)c3cc(C(C)C)ccc(C)c2-3)C=CC1=O. The quantitative estimate of drug-likeness (QED) is 0.733. The number of ketones is 1. The third-order valence-corrected chi connectivity index (χ3v) is 4.76. The zero-order valence-electron chi connectivity index (χ0n) is 15.5. The minimum Gasteiger partial charge on any atom is -0.493 e. The van der Waals surface area contributed by atoms with Gasteiger partial charge in [0.2, 0.25) is 5.78 Å². The molecule has 3 aliphatic rings. The fraction of sp³-hybridized carbons (Fsp3) is 0.261. The molecule has 0 N–H and O–H groups in total. The van der Waals surface area contributed by atoms with Gasteiger partial charge in [0.05, 0.1) is 7.11 Å². The maximum absolute atomic E-state index is 11.7. The van der Waals surface area contributed by atoms with E-state index in [0.29, 0.717) is 11.7 Å². The Balaban J connectivity index is 2.14. The van der Waals surface area contributed by atoms with Gasteiger partial charge in [0.1, 0.15) is 0 Å². The summed E-state index contributed by atoms with van der Waals surface area (Å²) in [6.07, 6.45) is 7.33. The lowest BCUT2D eigenvalue weighted by molar-refractivity contribution is -0.114. The van der Waals surface area contributed by atoms with Crippen molar-refractivity contribution in [1.29, 1.82) is 0 Å². The van der Waals surface area contributed by atoms with Crippen molar-refractivity contribution in [3.63, 3.8) is 0 Å². The van der Waals surface area contributed by atoms with Gasteiger partial charge in [-0.3, -0.25) is 4.79 Å². The van der Waals surface area contributed by atoms with Crippen LogP contribution in [-0.4, -0.2) is 12.9 Å². The number of fused-ring (bicyclic) bond motifs is 1. The maximum Gasteiger partial charge on any atom is 0.220 e. The number of aryl methyl sites for hydroxylation is 2. The van der Waals surface area contributed by atoms with Crippen molar-refractivity contribution in [1.82, 2.24) is 0 Å². The Hall–Kier alpha value is -2.61. The first-order valence-electron chi connectivity index (χ1n) is 8.64. The van der Waals surface area contributed by atoms with Crippen LogP contribution in [0.4, 0.5) is 0 Å². The van der Waals surface area contributed by atoms with Crippen molar-refractivity contribution < 1.29 is 9.53 Å². The summed E-state index contributed by atoms with van der Waals surface area (Å²) in [6, 6.07) is 8.95. The van der Waals surface area contributed by atoms with Gasteiger partial charge in [-0.15, -0.1) is 0 Å². The van der Waals surface area contributed by atoms with Crippen LogP contribution in [0.2, 0.25) is 0 Å². The molecule has 0 unspecified atom stereocenters. The second-order valence-corrected chi connectivity index (χ2v) is 6.94. The Morgan fingerprint density at radius 1 is 1.04 bits per heavy atom. The number of carbonyl (C=O) groups is 1. The van der Waals surface area contributed by atoms with Crippen LogP contribution in [0.25, 0.3) is 17.2 Å². The number of allylic oxidation sites excluding steroid dienone is 4. The van der Waals surface area contributed by atoms with E-state index in [4.69, 9.17) is 4.74 Å². The zero-order chi connectivity index (χ0) is 18.1. The molecule has 0 aromatic carbocycles. The van der Waals surface area contributed by atoms with Crippen LogP contribution in [0.3, 0.4) is 0 Å². The van der Waals surface area contributed by atoms with Gasteiger partial charge in [-0.2, -0.15) is 0 Å². The highest BCUT2D eigenvalue weighted by molar-refractivity contribution is 6.05. The molecule has 0 amide bonds. The molecule has 2 heteroatoms. The maximum atomic E-state index is 11.7. The molecular weight excluding hydrogens is 308 g/mol. The molecule has 0 atom stereocenters. The van der Waals surface area contributed by atoms with Gasteiger partial charge in [0.15, 0.2) is 5.76 Å². The van der Waals surface area contributed by atoms with Crippen LogP contribution in [-0.2, 0) is 9.53 Å². The standard InChI is InChI=1S/C23H24O2/c1-14(2)18-8-6-15(3)23-19(10-16(4)20(23)13-18)11-17-7-9-21(24)22(12-17)25-5/h6-14H,1-5H3. The van der Waals surface area contributed by atoms with Crippen molar-refractivity contribution >= 4 is 11.9 Å². The van der Waals surface area contributed by atoms with E-state index < -0.39 is 0 Å². The third-order valence-electron chi connectivity index (χ3n) is 4.76. The minimum absolute atomic E-state index is 0.0904. The van der Waals surface area contributed by atoms with Crippen molar-refractivity contribution in [3.8, 4) is 11.1 Å². The van der Waals surface area contributed by atoms with Gasteiger partial charge < -0.3 is 4.74 Å². The van der Waals surface area contributed by atoms with Crippen molar-refractivity contribution in [2.75, 3.05) is 7.11 Å². The molecule has 0 radical (unpaired) electrons. The molecule has 2 nitrogen and oxygen atoms in total.